The van der Waals surface area contributed by atoms with E-state index < -0.39 is 21.9 Å². The van der Waals surface area contributed by atoms with Gasteiger partial charge in [-0.05, 0) is 84.4 Å². The molecule has 11 heteroatoms. The first-order valence-electron chi connectivity index (χ1n) is 11.4. The smallest absolute Gasteiger partial charge is 0.343 e. The maximum atomic E-state index is 12.5. The van der Waals surface area contributed by atoms with Crippen LogP contribution in [0.3, 0.4) is 0 Å². The third-order valence-corrected chi connectivity index (χ3v) is 6.95. The summed E-state index contributed by atoms with van der Waals surface area (Å²) < 4.78 is 38.2. The highest BCUT2D eigenvalue weighted by molar-refractivity contribution is 7.92. The van der Waals surface area contributed by atoms with Gasteiger partial charge in [-0.15, -0.1) is 0 Å². The molecule has 9 nitrogen and oxygen atoms in total. The Morgan fingerprint density at radius 2 is 1.54 bits per heavy atom. The number of nitrogens with zero attached hydrogens (tertiary/aromatic N) is 1. The number of carbonyl (C=O) groups excluding carboxylic acids is 2. The fourth-order valence-corrected chi connectivity index (χ4v) is 4.51. The number of halogens is 1. The van der Waals surface area contributed by atoms with Gasteiger partial charge in [-0.25, -0.2) is 18.6 Å². The largest absolute Gasteiger partial charge is 0.493 e. The van der Waals surface area contributed by atoms with E-state index in [1.54, 1.807) is 48.5 Å². The van der Waals surface area contributed by atoms with Crippen LogP contribution in [0.1, 0.15) is 26.3 Å². The second kappa shape index (κ2) is 12.2. The molecule has 0 saturated heterocycles. The molecule has 0 atom stereocenters. The molecule has 1 amide bonds. The normalized spacial score (nSPS) is 11.1. The zero-order valence-electron chi connectivity index (χ0n) is 20.5. The van der Waals surface area contributed by atoms with Gasteiger partial charge < -0.3 is 9.47 Å². The highest BCUT2D eigenvalue weighted by Gasteiger charge is 2.15. The summed E-state index contributed by atoms with van der Waals surface area (Å²) in [6.45, 7) is 0. The molecule has 0 fully saturated rings. The number of ether oxygens (including phenoxy) is 2. The van der Waals surface area contributed by atoms with Crippen molar-refractivity contribution in [2.24, 2.45) is 5.10 Å². The summed E-state index contributed by atoms with van der Waals surface area (Å²) in [6.07, 6.45) is 1.40. The van der Waals surface area contributed by atoms with Gasteiger partial charge in [0.05, 0.1) is 23.8 Å². The van der Waals surface area contributed by atoms with Crippen LogP contribution in [-0.2, 0) is 10.0 Å². The third-order valence-electron chi connectivity index (χ3n) is 5.30. The average molecular weight is 564 g/mol. The molecular formula is C28H22ClN3O6S. The van der Waals surface area contributed by atoms with Crippen LogP contribution < -0.4 is 19.6 Å². The van der Waals surface area contributed by atoms with E-state index in [0.717, 1.165) is 0 Å². The van der Waals surface area contributed by atoms with Crippen molar-refractivity contribution >= 4 is 45.4 Å². The number of methoxy groups -OCH3 is 1. The minimum absolute atomic E-state index is 0.0575. The Kier molecular flexibility index (Phi) is 8.60. The Balaban J connectivity index is 1.36. The topological polar surface area (TPSA) is 123 Å². The Labute approximate surface area is 230 Å². The summed E-state index contributed by atoms with van der Waals surface area (Å²) in [4.78, 5) is 24.8. The highest BCUT2D eigenvalue weighted by Crippen LogP contribution is 2.28. The third kappa shape index (κ3) is 7.22. The molecule has 198 valence electrons. The first-order chi connectivity index (χ1) is 18.7. The van der Waals surface area contributed by atoms with Gasteiger partial charge in [0.1, 0.15) is 0 Å². The van der Waals surface area contributed by atoms with Crippen LogP contribution in [0.2, 0.25) is 5.02 Å². The monoisotopic (exact) mass is 563 g/mol. The summed E-state index contributed by atoms with van der Waals surface area (Å²) in [7, 11) is -2.37. The second-order valence-corrected chi connectivity index (χ2v) is 10.1. The van der Waals surface area contributed by atoms with Gasteiger partial charge in [-0.3, -0.25) is 9.52 Å². The van der Waals surface area contributed by atoms with Gasteiger partial charge >= 0.3 is 5.97 Å². The molecule has 2 N–H and O–H groups in total. The molecule has 0 aliphatic carbocycles. The molecule has 0 bridgehead atoms. The van der Waals surface area contributed by atoms with E-state index in [4.69, 9.17) is 21.1 Å². The summed E-state index contributed by atoms with van der Waals surface area (Å²) in [5, 5.41) is 4.37. The minimum Gasteiger partial charge on any atom is -0.493 e. The van der Waals surface area contributed by atoms with E-state index in [9.17, 15) is 18.0 Å². The van der Waals surface area contributed by atoms with Crippen LogP contribution >= 0.6 is 11.6 Å². The summed E-state index contributed by atoms with van der Waals surface area (Å²) in [6, 6.07) is 25.0. The maximum Gasteiger partial charge on any atom is 0.343 e. The number of anilines is 1. The van der Waals surface area contributed by atoms with Gasteiger partial charge in [0.25, 0.3) is 15.9 Å². The highest BCUT2D eigenvalue weighted by atomic mass is 35.5. The van der Waals surface area contributed by atoms with Crippen molar-refractivity contribution in [1.82, 2.24) is 5.43 Å². The molecule has 0 aliphatic rings. The summed E-state index contributed by atoms with van der Waals surface area (Å²) in [5.41, 5.74) is 3.94. The first-order valence-corrected chi connectivity index (χ1v) is 13.3. The zero-order valence-corrected chi connectivity index (χ0v) is 22.1. The Morgan fingerprint density at radius 1 is 0.846 bits per heavy atom. The van der Waals surface area contributed by atoms with Crippen LogP contribution in [0.25, 0.3) is 0 Å². The van der Waals surface area contributed by atoms with Crippen molar-refractivity contribution in [2.75, 3.05) is 11.8 Å². The van der Waals surface area contributed by atoms with E-state index in [1.807, 2.05) is 0 Å². The van der Waals surface area contributed by atoms with E-state index in [2.05, 4.69) is 15.2 Å². The van der Waals surface area contributed by atoms with Crippen molar-refractivity contribution in [1.29, 1.82) is 0 Å². The molecule has 0 heterocycles. The number of hydrazone groups is 1. The molecule has 4 rings (SSSR count). The number of carbonyl (C=O) groups is 2. The number of rotatable bonds is 9. The van der Waals surface area contributed by atoms with Gasteiger partial charge in [-0.1, -0.05) is 29.8 Å². The predicted octanol–water partition coefficient (Wildman–Crippen LogP) is 5.13. The van der Waals surface area contributed by atoms with Gasteiger partial charge in [0, 0.05) is 16.3 Å². The fourth-order valence-electron chi connectivity index (χ4n) is 3.33. The summed E-state index contributed by atoms with van der Waals surface area (Å²) >= 11 is 5.81. The Bertz CT molecular complexity index is 1610. The lowest BCUT2D eigenvalue weighted by atomic mass is 10.2. The molecule has 0 aliphatic heterocycles. The van der Waals surface area contributed by atoms with Crippen LogP contribution in [0.5, 0.6) is 11.5 Å². The van der Waals surface area contributed by atoms with Crippen LogP contribution in [0.15, 0.2) is 107 Å². The molecule has 39 heavy (non-hydrogen) atoms. The molecule has 0 spiro atoms. The van der Waals surface area contributed by atoms with Crippen LogP contribution in [0, 0.1) is 0 Å². The van der Waals surface area contributed by atoms with Crippen molar-refractivity contribution in [3.05, 3.63) is 119 Å². The number of benzene rings is 4. The van der Waals surface area contributed by atoms with E-state index in [0.29, 0.717) is 21.9 Å². The molecule has 0 aromatic heterocycles. The standard InChI is InChI=1S/C28H22ClN3O6S/c1-37-26-17-19(7-16-25(26)38-28(34)21-5-3-2-4-6-21)18-30-31-27(33)20-8-12-23(13-9-20)32-39(35,36)24-14-10-22(29)11-15-24/h2-18,32H,1H3,(H,31,33)/b30-18+. The fraction of sp³-hybridized carbons (Fsp3) is 0.0357. The molecule has 0 unspecified atom stereocenters. The van der Waals surface area contributed by atoms with Gasteiger partial charge in [-0.2, -0.15) is 5.10 Å². The van der Waals surface area contributed by atoms with E-state index >= 15 is 0 Å². The average Bonchev–Trinajstić information content (AvgIpc) is 2.94. The summed E-state index contributed by atoms with van der Waals surface area (Å²) in [5.74, 6) is -0.476. The van der Waals surface area contributed by atoms with Crippen molar-refractivity contribution in [3.63, 3.8) is 0 Å². The molecule has 0 saturated carbocycles. The van der Waals surface area contributed by atoms with E-state index in [1.165, 1.54) is 61.9 Å². The van der Waals surface area contributed by atoms with Gasteiger partial charge in [0.15, 0.2) is 11.5 Å². The number of esters is 1. The lowest BCUT2D eigenvalue weighted by molar-refractivity contribution is 0.0729. The number of hydrogen-bond donors (Lipinski definition) is 2. The first kappa shape index (κ1) is 27.4. The number of amides is 1. The Morgan fingerprint density at radius 3 is 2.21 bits per heavy atom. The minimum atomic E-state index is -3.81. The quantitative estimate of drug-likeness (QED) is 0.126. The molecule has 4 aromatic carbocycles. The second-order valence-electron chi connectivity index (χ2n) is 8.00. The zero-order chi connectivity index (χ0) is 27.8. The molecule has 4 aromatic rings. The maximum absolute atomic E-state index is 12.5. The molecular weight excluding hydrogens is 542 g/mol. The lowest BCUT2D eigenvalue weighted by Gasteiger charge is -2.10. The van der Waals surface area contributed by atoms with Crippen molar-refractivity contribution < 1.29 is 27.5 Å². The number of hydrogen-bond acceptors (Lipinski definition) is 7. The van der Waals surface area contributed by atoms with Crippen LogP contribution in [-0.4, -0.2) is 33.6 Å². The predicted molar refractivity (Wildman–Crippen MR) is 148 cm³/mol. The lowest BCUT2D eigenvalue weighted by Crippen LogP contribution is -2.18. The SMILES string of the molecule is COc1cc(/C=N/NC(=O)c2ccc(NS(=O)(=O)c3ccc(Cl)cc3)cc2)ccc1OC(=O)c1ccccc1. The number of nitrogens with one attached hydrogen (secondary N) is 2. The van der Waals surface area contributed by atoms with Gasteiger partial charge in [0.2, 0.25) is 0 Å². The van der Waals surface area contributed by atoms with Crippen molar-refractivity contribution in [3.8, 4) is 11.5 Å². The molecule has 0 radical (unpaired) electrons. The van der Waals surface area contributed by atoms with E-state index in [-0.39, 0.29) is 21.9 Å². The van der Waals surface area contributed by atoms with Crippen molar-refractivity contribution in [2.45, 2.75) is 4.90 Å². The Hall–Kier alpha value is -4.67. The number of sulfonamides is 1. The van der Waals surface area contributed by atoms with Crippen LogP contribution in [0.4, 0.5) is 5.69 Å².